The molecule has 0 amide bonds. The van der Waals surface area contributed by atoms with Gasteiger partial charge in [0.15, 0.2) is 5.82 Å². The standard InChI is InChI=1S/C22H23ClN4O3S2/c1-31-18-5-7-19(8-6-18)32(28,29)27-13-11-26(12-14-27)21-24-20(25-30-21)22(9-10-22)16-3-2-4-17(23)15-16/h2-8,15H,9-14H2,1H3. The summed E-state index contributed by atoms with van der Waals surface area (Å²) in [4.78, 5) is 7.98. The summed E-state index contributed by atoms with van der Waals surface area (Å²) in [6.45, 7) is 1.72. The van der Waals surface area contributed by atoms with Crippen LogP contribution in [-0.4, -0.2) is 55.3 Å². The summed E-state index contributed by atoms with van der Waals surface area (Å²) in [5.74, 6) is 0.665. The van der Waals surface area contributed by atoms with Crippen LogP contribution in [0.15, 0.2) is 62.8 Å². The number of aromatic nitrogens is 2. The van der Waals surface area contributed by atoms with Gasteiger partial charge in [0.05, 0.1) is 10.3 Å². The Morgan fingerprint density at radius 3 is 2.41 bits per heavy atom. The molecule has 0 atom stereocenters. The zero-order valence-corrected chi connectivity index (χ0v) is 20.0. The average molecular weight is 491 g/mol. The fraction of sp³-hybridized carbons (Fsp3) is 0.364. The molecule has 5 rings (SSSR count). The van der Waals surface area contributed by atoms with Crippen LogP contribution in [0.4, 0.5) is 6.01 Å². The highest BCUT2D eigenvalue weighted by Crippen LogP contribution is 2.52. The number of sulfonamides is 1. The van der Waals surface area contributed by atoms with E-state index in [9.17, 15) is 8.42 Å². The molecule has 3 aromatic rings. The van der Waals surface area contributed by atoms with E-state index in [4.69, 9.17) is 16.1 Å². The summed E-state index contributed by atoms with van der Waals surface area (Å²) in [6.07, 6.45) is 3.87. The fourth-order valence-corrected chi connectivity index (χ4v) is 6.13. The van der Waals surface area contributed by atoms with E-state index in [0.29, 0.717) is 47.9 Å². The third-order valence-corrected chi connectivity index (χ3v) is 9.07. The number of rotatable bonds is 6. The molecule has 32 heavy (non-hydrogen) atoms. The van der Waals surface area contributed by atoms with E-state index in [1.807, 2.05) is 47.6 Å². The van der Waals surface area contributed by atoms with Crippen LogP contribution in [-0.2, 0) is 15.4 Å². The van der Waals surface area contributed by atoms with Crippen LogP contribution in [0.3, 0.4) is 0 Å². The molecule has 0 unspecified atom stereocenters. The molecule has 0 bridgehead atoms. The monoisotopic (exact) mass is 490 g/mol. The Labute approximate surface area is 196 Å². The number of benzene rings is 2. The summed E-state index contributed by atoms with van der Waals surface area (Å²) in [5, 5.41) is 4.95. The minimum atomic E-state index is -3.52. The van der Waals surface area contributed by atoms with Gasteiger partial charge in [-0.15, -0.1) is 11.8 Å². The molecule has 1 aromatic heterocycles. The van der Waals surface area contributed by atoms with Crippen LogP contribution in [0.25, 0.3) is 0 Å². The molecule has 1 saturated carbocycles. The second-order valence-electron chi connectivity index (χ2n) is 8.06. The van der Waals surface area contributed by atoms with Crippen molar-refractivity contribution in [2.45, 2.75) is 28.0 Å². The van der Waals surface area contributed by atoms with Gasteiger partial charge in [-0.3, -0.25) is 0 Å². The van der Waals surface area contributed by atoms with Crippen molar-refractivity contribution in [3.05, 3.63) is 64.9 Å². The fourth-order valence-electron chi connectivity index (χ4n) is 4.11. The maximum atomic E-state index is 13.0. The predicted octanol–water partition coefficient (Wildman–Crippen LogP) is 4.04. The summed E-state index contributed by atoms with van der Waals surface area (Å²) in [7, 11) is -3.52. The zero-order valence-electron chi connectivity index (χ0n) is 17.6. The smallest absolute Gasteiger partial charge is 0.322 e. The number of anilines is 1. The van der Waals surface area contributed by atoms with Crippen LogP contribution < -0.4 is 4.90 Å². The molecule has 0 spiro atoms. The Morgan fingerprint density at radius 2 is 1.78 bits per heavy atom. The van der Waals surface area contributed by atoms with Crippen LogP contribution in [0, 0.1) is 0 Å². The topological polar surface area (TPSA) is 79.5 Å². The van der Waals surface area contributed by atoms with Crippen molar-refractivity contribution in [1.82, 2.24) is 14.4 Å². The molecule has 7 nitrogen and oxygen atoms in total. The normalized spacial score (nSPS) is 18.6. The second-order valence-corrected chi connectivity index (χ2v) is 11.3. The van der Waals surface area contributed by atoms with Gasteiger partial charge in [0.2, 0.25) is 10.0 Å². The van der Waals surface area contributed by atoms with Crippen LogP contribution in [0.5, 0.6) is 0 Å². The number of thioether (sulfide) groups is 1. The molecule has 1 aliphatic carbocycles. The third kappa shape index (κ3) is 3.91. The van der Waals surface area contributed by atoms with Gasteiger partial charge in [-0.2, -0.15) is 9.29 Å². The van der Waals surface area contributed by atoms with Gasteiger partial charge < -0.3 is 9.42 Å². The van der Waals surface area contributed by atoms with Crippen LogP contribution in [0.2, 0.25) is 5.02 Å². The number of piperazine rings is 1. The third-order valence-electron chi connectivity index (χ3n) is 6.18. The first-order chi connectivity index (χ1) is 15.4. The van der Waals surface area contributed by atoms with E-state index < -0.39 is 10.0 Å². The van der Waals surface area contributed by atoms with Gasteiger partial charge in [0.25, 0.3) is 0 Å². The largest absolute Gasteiger partial charge is 0.324 e. The lowest BCUT2D eigenvalue weighted by Gasteiger charge is -2.32. The molecule has 2 fully saturated rings. The summed E-state index contributed by atoms with van der Waals surface area (Å²) in [5.41, 5.74) is 0.863. The van der Waals surface area contributed by atoms with E-state index in [-0.39, 0.29) is 5.41 Å². The minimum Gasteiger partial charge on any atom is -0.322 e. The van der Waals surface area contributed by atoms with Gasteiger partial charge in [0, 0.05) is 36.1 Å². The summed E-state index contributed by atoms with van der Waals surface area (Å²) in [6, 6.07) is 15.2. The zero-order chi connectivity index (χ0) is 22.3. The first kappa shape index (κ1) is 21.8. The van der Waals surface area contributed by atoms with Crippen LogP contribution in [0.1, 0.15) is 24.2 Å². The Kier molecular flexibility index (Phi) is 5.69. The van der Waals surface area contributed by atoms with Crippen LogP contribution >= 0.6 is 23.4 Å². The molecule has 0 radical (unpaired) electrons. The lowest BCUT2D eigenvalue weighted by atomic mass is 9.95. The molecular weight excluding hydrogens is 468 g/mol. The molecule has 1 saturated heterocycles. The van der Waals surface area contributed by atoms with Crippen molar-refractivity contribution in [1.29, 1.82) is 0 Å². The van der Waals surface area contributed by atoms with Crippen molar-refractivity contribution >= 4 is 39.4 Å². The highest BCUT2D eigenvalue weighted by Gasteiger charge is 2.50. The first-order valence-electron chi connectivity index (χ1n) is 10.4. The van der Waals surface area contributed by atoms with Crippen molar-refractivity contribution in [3.8, 4) is 0 Å². The molecular formula is C22H23ClN4O3S2. The number of hydrogen-bond donors (Lipinski definition) is 0. The Bertz CT molecular complexity index is 1220. The molecule has 2 aliphatic rings. The minimum absolute atomic E-state index is 0.235. The second kappa shape index (κ2) is 8.37. The summed E-state index contributed by atoms with van der Waals surface area (Å²) >= 11 is 7.76. The SMILES string of the molecule is CSc1ccc(S(=O)(=O)N2CCN(c3nc(C4(c5cccc(Cl)c5)CC4)no3)CC2)cc1. The molecule has 0 N–H and O–H groups in total. The van der Waals surface area contributed by atoms with Gasteiger partial charge >= 0.3 is 6.01 Å². The van der Waals surface area contributed by atoms with Crippen molar-refractivity contribution in [3.63, 3.8) is 0 Å². The Balaban J connectivity index is 1.28. The maximum Gasteiger partial charge on any atom is 0.324 e. The van der Waals surface area contributed by atoms with E-state index in [1.165, 1.54) is 4.31 Å². The number of hydrogen-bond acceptors (Lipinski definition) is 7. The Hall–Kier alpha value is -2.07. The Morgan fingerprint density at radius 1 is 1.06 bits per heavy atom. The molecule has 2 heterocycles. The van der Waals surface area contributed by atoms with Gasteiger partial charge in [0.1, 0.15) is 0 Å². The number of nitrogens with zero attached hydrogens (tertiary/aromatic N) is 4. The van der Waals surface area contributed by atoms with Crippen molar-refractivity contribution in [2.75, 3.05) is 37.3 Å². The first-order valence-corrected chi connectivity index (χ1v) is 13.5. The van der Waals surface area contributed by atoms with Crippen molar-refractivity contribution < 1.29 is 12.9 Å². The molecule has 1 aliphatic heterocycles. The summed E-state index contributed by atoms with van der Waals surface area (Å²) < 4.78 is 33.1. The lowest BCUT2D eigenvalue weighted by molar-refractivity contribution is 0.352. The van der Waals surface area contributed by atoms with E-state index in [0.717, 1.165) is 23.3 Å². The van der Waals surface area contributed by atoms with Gasteiger partial charge in [-0.05, 0) is 61.1 Å². The average Bonchev–Trinajstić information content (AvgIpc) is 3.48. The highest BCUT2D eigenvalue weighted by atomic mass is 35.5. The number of halogens is 1. The van der Waals surface area contributed by atoms with E-state index in [2.05, 4.69) is 10.1 Å². The van der Waals surface area contributed by atoms with E-state index in [1.54, 1.807) is 23.9 Å². The highest BCUT2D eigenvalue weighted by molar-refractivity contribution is 7.98. The predicted molar refractivity (Wildman–Crippen MR) is 125 cm³/mol. The maximum absolute atomic E-state index is 13.0. The van der Waals surface area contributed by atoms with Crippen molar-refractivity contribution in [2.24, 2.45) is 0 Å². The quantitative estimate of drug-likeness (QED) is 0.482. The van der Waals surface area contributed by atoms with Gasteiger partial charge in [-0.1, -0.05) is 28.9 Å². The molecule has 168 valence electrons. The molecule has 2 aromatic carbocycles. The van der Waals surface area contributed by atoms with E-state index >= 15 is 0 Å². The lowest BCUT2D eigenvalue weighted by Crippen LogP contribution is -2.48. The molecule has 10 heteroatoms. The van der Waals surface area contributed by atoms with Gasteiger partial charge in [-0.25, -0.2) is 8.42 Å².